The fourth-order valence-electron chi connectivity index (χ4n) is 4.96. The molecule has 0 radical (unpaired) electrons. The number of nitrogens with one attached hydrogen (secondary N) is 1. The highest BCUT2D eigenvalue weighted by molar-refractivity contribution is 6.03. The molecule has 4 rings (SSSR count). The standard InChI is InChI=1S/C27H35FN2O4/c1-19-7-5-8-20(15-19)26(27(32)29-22-10-3-2-4-11-22)30(23-12-6-9-21(28)16-23)25(31)18-34-24-13-14-33-17-24/h5-6,8-9,12,15-16,19,22,24,26H,2-4,7,10-11,13-14,17-18H2,1H3,(H,29,32). The number of nitrogens with zero attached hydrogens (tertiary/aromatic N) is 1. The third-order valence-corrected chi connectivity index (χ3v) is 6.75. The molecule has 1 saturated carbocycles. The van der Waals surface area contributed by atoms with Crippen LogP contribution < -0.4 is 10.2 Å². The smallest absolute Gasteiger partial charge is 0.254 e. The zero-order valence-electron chi connectivity index (χ0n) is 19.9. The van der Waals surface area contributed by atoms with Gasteiger partial charge in [0.25, 0.3) is 5.91 Å². The Morgan fingerprint density at radius 3 is 2.76 bits per heavy atom. The first-order chi connectivity index (χ1) is 16.5. The van der Waals surface area contributed by atoms with Crippen LogP contribution in [0, 0.1) is 11.7 Å². The molecular weight excluding hydrogens is 435 g/mol. The van der Waals surface area contributed by atoms with Crippen LogP contribution in [0.25, 0.3) is 0 Å². The first-order valence-electron chi connectivity index (χ1n) is 12.5. The summed E-state index contributed by atoms with van der Waals surface area (Å²) in [5.74, 6) is -0.845. The van der Waals surface area contributed by atoms with Crippen LogP contribution in [0.4, 0.5) is 10.1 Å². The van der Waals surface area contributed by atoms with Gasteiger partial charge >= 0.3 is 0 Å². The predicted molar refractivity (Wildman–Crippen MR) is 129 cm³/mol. The summed E-state index contributed by atoms with van der Waals surface area (Å²) >= 11 is 0. The molecule has 3 unspecified atom stereocenters. The number of benzene rings is 1. The molecule has 6 nitrogen and oxygen atoms in total. The van der Waals surface area contributed by atoms with Gasteiger partial charge in [0, 0.05) is 18.3 Å². The van der Waals surface area contributed by atoms with Gasteiger partial charge in [-0.1, -0.05) is 50.5 Å². The van der Waals surface area contributed by atoms with E-state index in [1.54, 1.807) is 12.1 Å². The van der Waals surface area contributed by atoms with Crippen molar-refractivity contribution in [1.82, 2.24) is 5.32 Å². The number of amides is 2. The molecule has 1 N–H and O–H groups in total. The molecule has 184 valence electrons. The van der Waals surface area contributed by atoms with E-state index in [0.717, 1.165) is 44.1 Å². The van der Waals surface area contributed by atoms with Crippen LogP contribution in [0.1, 0.15) is 51.9 Å². The number of carbonyl (C=O) groups is 2. The van der Waals surface area contributed by atoms with E-state index >= 15 is 0 Å². The van der Waals surface area contributed by atoms with E-state index in [4.69, 9.17) is 9.47 Å². The van der Waals surface area contributed by atoms with Crippen molar-refractivity contribution in [2.45, 2.75) is 70.1 Å². The van der Waals surface area contributed by atoms with E-state index in [1.165, 1.54) is 23.5 Å². The summed E-state index contributed by atoms with van der Waals surface area (Å²) in [6, 6.07) is 5.03. The first-order valence-corrected chi connectivity index (χ1v) is 12.5. The summed E-state index contributed by atoms with van der Waals surface area (Å²) in [4.78, 5) is 28.7. The molecule has 34 heavy (non-hydrogen) atoms. The van der Waals surface area contributed by atoms with Gasteiger partial charge in [-0.3, -0.25) is 14.5 Å². The average Bonchev–Trinajstić information content (AvgIpc) is 3.35. The Bertz CT molecular complexity index is 919. The van der Waals surface area contributed by atoms with Crippen LogP contribution >= 0.6 is 0 Å². The summed E-state index contributed by atoms with van der Waals surface area (Å²) in [5.41, 5.74) is 1.08. The second kappa shape index (κ2) is 11.8. The number of rotatable bonds is 8. The minimum Gasteiger partial charge on any atom is -0.379 e. The van der Waals surface area contributed by atoms with Gasteiger partial charge in [0.15, 0.2) is 0 Å². The average molecular weight is 471 g/mol. The number of halogens is 1. The number of carbonyl (C=O) groups excluding carboxylic acids is 2. The molecule has 2 aliphatic carbocycles. The quantitative estimate of drug-likeness (QED) is 0.615. The molecule has 1 saturated heterocycles. The van der Waals surface area contributed by atoms with Crippen molar-refractivity contribution in [3.63, 3.8) is 0 Å². The van der Waals surface area contributed by atoms with E-state index in [1.807, 2.05) is 18.2 Å². The Morgan fingerprint density at radius 2 is 2.06 bits per heavy atom. The third kappa shape index (κ3) is 6.33. The van der Waals surface area contributed by atoms with E-state index < -0.39 is 11.9 Å². The lowest BCUT2D eigenvalue weighted by Gasteiger charge is -2.35. The molecule has 0 bridgehead atoms. The fourth-order valence-corrected chi connectivity index (χ4v) is 4.96. The molecule has 1 aromatic rings. The first kappa shape index (κ1) is 24.6. The second-order valence-electron chi connectivity index (χ2n) is 9.57. The van der Waals surface area contributed by atoms with Gasteiger partial charge < -0.3 is 14.8 Å². The summed E-state index contributed by atoms with van der Waals surface area (Å²) in [7, 11) is 0. The fraction of sp³-hybridized carbons (Fsp3) is 0.556. The van der Waals surface area contributed by atoms with Gasteiger partial charge in [0.2, 0.25) is 5.91 Å². The van der Waals surface area contributed by atoms with E-state index in [-0.39, 0.29) is 36.5 Å². The molecule has 0 spiro atoms. The van der Waals surface area contributed by atoms with Gasteiger partial charge in [-0.15, -0.1) is 0 Å². The lowest BCUT2D eigenvalue weighted by molar-refractivity contribution is -0.129. The van der Waals surface area contributed by atoms with Gasteiger partial charge in [0.05, 0.1) is 12.7 Å². The van der Waals surface area contributed by atoms with Gasteiger partial charge in [0.1, 0.15) is 18.5 Å². The summed E-state index contributed by atoms with van der Waals surface area (Å²) in [6.07, 6.45) is 12.6. The maximum Gasteiger partial charge on any atom is 0.254 e. The maximum absolute atomic E-state index is 14.2. The van der Waals surface area contributed by atoms with Crippen LogP contribution in [-0.4, -0.2) is 49.8 Å². The monoisotopic (exact) mass is 470 g/mol. The van der Waals surface area contributed by atoms with Crippen molar-refractivity contribution in [2.75, 3.05) is 24.7 Å². The van der Waals surface area contributed by atoms with E-state index in [2.05, 4.69) is 12.2 Å². The van der Waals surface area contributed by atoms with Crippen LogP contribution in [0.2, 0.25) is 0 Å². The third-order valence-electron chi connectivity index (χ3n) is 6.75. The summed E-state index contributed by atoms with van der Waals surface area (Å²) < 4.78 is 25.4. The van der Waals surface area contributed by atoms with Crippen molar-refractivity contribution < 1.29 is 23.5 Å². The summed E-state index contributed by atoms with van der Waals surface area (Å²) in [5, 5.41) is 3.19. The number of hydrogen-bond donors (Lipinski definition) is 1. The Morgan fingerprint density at radius 1 is 1.24 bits per heavy atom. The molecule has 2 fully saturated rings. The van der Waals surface area contributed by atoms with Crippen molar-refractivity contribution in [2.24, 2.45) is 5.92 Å². The maximum atomic E-state index is 14.2. The Hall–Kier alpha value is -2.51. The van der Waals surface area contributed by atoms with Crippen molar-refractivity contribution in [3.8, 4) is 0 Å². The predicted octanol–water partition coefficient (Wildman–Crippen LogP) is 4.30. The van der Waals surface area contributed by atoms with Crippen molar-refractivity contribution in [3.05, 3.63) is 53.9 Å². The van der Waals surface area contributed by atoms with Gasteiger partial charge in [-0.25, -0.2) is 4.39 Å². The van der Waals surface area contributed by atoms with E-state index in [9.17, 15) is 14.0 Å². The Balaban J connectivity index is 1.66. The number of anilines is 1. The molecule has 7 heteroatoms. The van der Waals surface area contributed by atoms with Crippen molar-refractivity contribution in [1.29, 1.82) is 0 Å². The van der Waals surface area contributed by atoms with Gasteiger partial charge in [-0.05, 0) is 55.4 Å². The zero-order chi connectivity index (χ0) is 23.9. The highest BCUT2D eigenvalue weighted by Crippen LogP contribution is 2.28. The minimum absolute atomic E-state index is 0.0886. The largest absolute Gasteiger partial charge is 0.379 e. The topological polar surface area (TPSA) is 67.9 Å². The molecule has 0 aromatic heterocycles. The molecule has 1 aliphatic heterocycles. The lowest BCUT2D eigenvalue weighted by atomic mass is 9.91. The Kier molecular flexibility index (Phi) is 8.51. The molecule has 1 heterocycles. The molecule has 3 atom stereocenters. The molecule has 2 amide bonds. The molecule has 3 aliphatic rings. The van der Waals surface area contributed by atoms with E-state index in [0.29, 0.717) is 18.9 Å². The summed E-state index contributed by atoms with van der Waals surface area (Å²) in [6.45, 7) is 2.93. The van der Waals surface area contributed by atoms with Gasteiger partial charge in [-0.2, -0.15) is 0 Å². The normalized spacial score (nSPS) is 23.9. The highest BCUT2D eigenvalue weighted by atomic mass is 19.1. The van der Waals surface area contributed by atoms with Crippen LogP contribution in [-0.2, 0) is 19.1 Å². The zero-order valence-corrected chi connectivity index (χ0v) is 19.9. The molecular formula is C27H35FN2O4. The minimum atomic E-state index is -0.904. The number of allylic oxidation sites excluding steroid dienone is 2. The van der Waals surface area contributed by atoms with Crippen LogP contribution in [0.15, 0.2) is 48.1 Å². The molecule has 1 aromatic carbocycles. The number of hydrogen-bond acceptors (Lipinski definition) is 4. The second-order valence-corrected chi connectivity index (χ2v) is 9.57. The van der Waals surface area contributed by atoms with Crippen molar-refractivity contribution >= 4 is 17.5 Å². The Labute approximate surface area is 201 Å². The lowest BCUT2D eigenvalue weighted by Crippen LogP contribution is -2.54. The van der Waals surface area contributed by atoms with Crippen LogP contribution in [0.3, 0.4) is 0 Å². The highest BCUT2D eigenvalue weighted by Gasteiger charge is 2.36. The van der Waals surface area contributed by atoms with Crippen LogP contribution in [0.5, 0.6) is 0 Å². The SMILES string of the molecule is CC1C=C(C(C(=O)NC2CCCCC2)N(C(=O)COC2CCOC2)c2cccc(F)c2)C=CC1. The number of ether oxygens (including phenoxy) is 2.